The molecule has 0 spiro atoms. The summed E-state index contributed by atoms with van der Waals surface area (Å²) in [4.78, 5) is 29.0. The number of halogens is 1. The lowest BCUT2D eigenvalue weighted by atomic mass is 10.00. The molecule has 1 aliphatic heterocycles. The second-order valence-corrected chi connectivity index (χ2v) is 7.65. The van der Waals surface area contributed by atoms with Crippen molar-refractivity contribution in [1.29, 1.82) is 5.26 Å². The van der Waals surface area contributed by atoms with E-state index in [1.165, 1.54) is 12.1 Å². The minimum Gasteiger partial charge on any atom is -0.339 e. The number of carbonyl (C=O) groups excluding carboxylic acids is 2. The van der Waals surface area contributed by atoms with Crippen LogP contribution < -0.4 is 0 Å². The van der Waals surface area contributed by atoms with Gasteiger partial charge >= 0.3 is 0 Å². The van der Waals surface area contributed by atoms with Gasteiger partial charge in [0.2, 0.25) is 11.8 Å². The zero-order valence-electron chi connectivity index (χ0n) is 15.2. The highest BCUT2D eigenvalue weighted by Gasteiger charge is 2.53. The fourth-order valence-corrected chi connectivity index (χ4v) is 3.52. The Hall–Kier alpha value is -2.42. The van der Waals surface area contributed by atoms with Gasteiger partial charge in [-0.2, -0.15) is 5.26 Å². The summed E-state index contributed by atoms with van der Waals surface area (Å²) in [5.74, 6) is -0.295. The second-order valence-electron chi connectivity index (χ2n) is 7.65. The summed E-state index contributed by atoms with van der Waals surface area (Å²) in [7, 11) is 0. The molecule has 6 heteroatoms. The fourth-order valence-electron chi connectivity index (χ4n) is 3.52. The van der Waals surface area contributed by atoms with Crippen LogP contribution >= 0.6 is 0 Å². The molecule has 5 nitrogen and oxygen atoms in total. The third kappa shape index (κ3) is 3.57. The summed E-state index contributed by atoms with van der Waals surface area (Å²) in [5, 5.41) is 9.32. The van der Waals surface area contributed by atoms with Crippen molar-refractivity contribution in [2.24, 2.45) is 11.3 Å². The quantitative estimate of drug-likeness (QED) is 0.832. The molecule has 1 saturated heterocycles. The van der Waals surface area contributed by atoms with E-state index < -0.39 is 5.41 Å². The van der Waals surface area contributed by atoms with Gasteiger partial charge in [-0.3, -0.25) is 9.59 Å². The van der Waals surface area contributed by atoms with E-state index in [0.29, 0.717) is 32.5 Å². The molecule has 0 unspecified atom stereocenters. The standard InChI is InChI=1S/C20H24FN3O2/c1-14(2)17-12-23(19(26)20(13-22)8-9-20)10-7-18(25)24(17)11-15-3-5-16(21)6-4-15/h3-6,14,17H,7-12H2,1-2H3/t17-/m0/s1. The zero-order valence-corrected chi connectivity index (χ0v) is 15.2. The van der Waals surface area contributed by atoms with E-state index in [1.54, 1.807) is 21.9 Å². The van der Waals surface area contributed by atoms with Gasteiger partial charge in [-0.1, -0.05) is 26.0 Å². The molecule has 26 heavy (non-hydrogen) atoms. The van der Waals surface area contributed by atoms with E-state index in [9.17, 15) is 19.2 Å². The Morgan fingerprint density at radius 1 is 1.35 bits per heavy atom. The predicted molar refractivity (Wildman–Crippen MR) is 94.1 cm³/mol. The Balaban J connectivity index is 1.81. The number of benzene rings is 1. The average molecular weight is 357 g/mol. The number of hydrogen-bond donors (Lipinski definition) is 0. The van der Waals surface area contributed by atoms with Crippen molar-refractivity contribution in [2.75, 3.05) is 13.1 Å². The summed E-state index contributed by atoms with van der Waals surface area (Å²) in [6.07, 6.45) is 1.47. The van der Waals surface area contributed by atoms with Gasteiger partial charge in [0.25, 0.3) is 0 Å². The minimum absolute atomic E-state index is 0.00914. The van der Waals surface area contributed by atoms with E-state index in [4.69, 9.17) is 0 Å². The molecule has 0 bridgehead atoms. The first-order valence-corrected chi connectivity index (χ1v) is 9.11. The Morgan fingerprint density at radius 2 is 2.00 bits per heavy atom. The number of nitriles is 1. The lowest BCUT2D eigenvalue weighted by Gasteiger charge is -2.35. The fraction of sp³-hybridized carbons (Fsp3) is 0.550. The molecule has 3 rings (SSSR count). The largest absolute Gasteiger partial charge is 0.339 e. The zero-order chi connectivity index (χ0) is 18.9. The summed E-state index contributed by atoms with van der Waals surface area (Å²) in [5.41, 5.74) is -0.00247. The van der Waals surface area contributed by atoms with Crippen LogP contribution in [0.1, 0.15) is 38.7 Å². The topological polar surface area (TPSA) is 64.4 Å². The van der Waals surface area contributed by atoms with Crippen LogP contribution in [0.4, 0.5) is 4.39 Å². The first-order chi connectivity index (χ1) is 12.4. The minimum atomic E-state index is -0.864. The highest BCUT2D eigenvalue weighted by Crippen LogP contribution is 2.46. The predicted octanol–water partition coefficient (Wildman–Crippen LogP) is 2.71. The summed E-state index contributed by atoms with van der Waals surface area (Å²) in [6, 6.07) is 8.17. The van der Waals surface area contributed by atoms with Crippen LogP contribution in [0, 0.1) is 28.5 Å². The molecule has 2 aliphatic rings. The van der Waals surface area contributed by atoms with Crippen LogP contribution in [0.5, 0.6) is 0 Å². The molecular formula is C20H24FN3O2. The van der Waals surface area contributed by atoms with Crippen LogP contribution in [-0.2, 0) is 16.1 Å². The van der Waals surface area contributed by atoms with E-state index in [-0.39, 0.29) is 36.0 Å². The number of carbonyl (C=O) groups is 2. The van der Waals surface area contributed by atoms with E-state index in [2.05, 4.69) is 6.07 Å². The molecule has 0 N–H and O–H groups in total. The lowest BCUT2D eigenvalue weighted by Crippen LogP contribution is -2.48. The number of nitrogens with zero attached hydrogens (tertiary/aromatic N) is 3. The highest BCUT2D eigenvalue weighted by molar-refractivity contribution is 5.89. The van der Waals surface area contributed by atoms with E-state index >= 15 is 0 Å². The normalized spacial score (nSPS) is 22.1. The summed E-state index contributed by atoms with van der Waals surface area (Å²) in [6.45, 7) is 5.24. The van der Waals surface area contributed by atoms with Gasteiger partial charge in [-0.05, 0) is 36.5 Å². The molecule has 2 amide bonds. The van der Waals surface area contributed by atoms with Gasteiger partial charge in [0.1, 0.15) is 11.2 Å². The van der Waals surface area contributed by atoms with Crippen molar-refractivity contribution in [3.8, 4) is 6.07 Å². The van der Waals surface area contributed by atoms with E-state index in [0.717, 1.165) is 5.56 Å². The van der Waals surface area contributed by atoms with Crippen LogP contribution in [-0.4, -0.2) is 40.7 Å². The molecule has 0 aromatic heterocycles. The smallest absolute Gasteiger partial charge is 0.243 e. The van der Waals surface area contributed by atoms with Gasteiger partial charge in [0.05, 0.1) is 12.1 Å². The van der Waals surface area contributed by atoms with Gasteiger partial charge in [0, 0.05) is 26.1 Å². The van der Waals surface area contributed by atoms with Crippen LogP contribution in [0.3, 0.4) is 0 Å². The maximum atomic E-state index is 13.2. The molecule has 138 valence electrons. The first-order valence-electron chi connectivity index (χ1n) is 9.11. The Bertz CT molecular complexity index is 734. The Morgan fingerprint density at radius 3 is 2.54 bits per heavy atom. The molecule has 1 aromatic carbocycles. The third-order valence-corrected chi connectivity index (χ3v) is 5.42. The lowest BCUT2D eigenvalue weighted by molar-refractivity contribution is -0.136. The van der Waals surface area contributed by atoms with Gasteiger partial charge in [-0.15, -0.1) is 0 Å². The molecule has 1 aliphatic carbocycles. The first kappa shape index (κ1) is 18.4. The van der Waals surface area contributed by atoms with Crippen molar-refractivity contribution in [1.82, 2.24) is 9.80 Å². The summed E-state index contributed by atoms with van der Waals surface area (Å²) >= 11 is 0. The van der Waals surface area contributed by atoms with Gasteiger partial charge in [0.15, 0.2) is 0 Å². The van der Waals surface area contributed by atoms with Crippen LogP contribution in [0.2, 0.25) is 0 Å². The molecule has 0 radical (unpaired) electrons. The van der Waals surface area contributed by atoms with Crippen molar-refractivity contribution in [3.63, 3.8) is 0 Å². The molecule has 1 atom stereocenters. The van der Waals surface area contributed by atoms with Crippen LogP contribution in [0.15, 0.2) is 24.3 Å². The van der Waals surface area contributed by atoms with Crippen molar-refractivity contribution < 1.29 is 14.0 Å². The van der Waals surface area contributed by atoms with Crippen molar-refractivity contribution in [3.05, 3.63) is 35.6 Å². The highest BCUT2D eigenvalue weighted by atomic mass is 19.1. The number of amides is 2. The number of rotatable bonds is 4. The van der Waals surface area contributed by atoms with Crippen LogP contribution in [0.25, 0.3) is 0 Å². The average Bonchev–Trinajstić information content (AvgIpc) is 3.43. The number of hydrogen-bond acceptors (Lipinski definition) is 3. The second kappa shape index (κ2) is 7.06. The van der Waals surface area contributed by atoms with Crippen molar-refractivity contribution in [2.45, 2.75) is 45.7 Å². The molecular weight excluding hydrogens is 333 g/mol. The maximum absolute atomic E-state index is 13.2. The third-order valence-electron chi connectivity index (χ3n) is 5.42. The Labute approximate surface area is 153 Å². The summed E-state index contributed by atoms with van der Waals surface area (Å²) < 4.78 is 13.2. The molecule has 1 aromatic rings. The van der Waals surface area contributed by atoms with E-state index in [1.807, 2.05) is 13.8 Å². The Kier molecular flexibility index (Phi) is 4.99. The monoisotopic (exact) mass is 357 g/mol. The molecule has 2 fully saturated rings. The van der Waals surface area contributed by atoms with Gasteiger partial charge < -0.3 is 9.80 Å². The van der Waals surface area contributed by atoms with Gasteiger partial charge in [-0.25, -0.2) is 4.39 Å². The maximum Gasteiger partial charge on any atom is 0.243 e. The molecule has 1 heterocycles. The SMILES string of the molecule is CC(C)[C@@H]1CN(C(=O)C2(C#N)CC2)CCC(=O)N1Cc1ccc(F)cc1. The van der Waals surface area contributed by atoms with Crippen molar-refractivity contribution >= 4 is 11.8 Å². The molecule has 1 saturated carbocycles.